The molecule has 1 aliphatic carbocycles. The standard InChI is InChI=1S/C15H18N2O2/c1-10-13(12-4-2-3-5-14(12)16-10)8-17(9-15(18)19)11-6-7-11/h2-5,11,16H,6-9H2,1H3,(H,18,19). The van der Waals surface area contributed by atoms with Crippen LogP contribution in [0.15, 0.2) is 24.3 Å². The predicted octanol–water partition coefficient (Wildman–Crippen LogP) is 2.53. The van der Waals surface area contributed by atoms with E-state index in [1.807, 2.05) is 12.1 Å². The van der Waals surface area contributed by atoms with Crippen LogP contribution >= 0.6 is 0 Å². The molecule has 19 heavy (non-hydrogen) atoms. The van der Waals surface area contributed by atoms with Crippen LogP contribution in [0, 0.1) is 6.92 Å². The van der Waals surface area contributed by atoms with Gasteiger partial charge >= 0.3 is 5.97 Å². The lowest BCUT2D eigenvalue weighted by molar-refractivity contribution is -0.138. The highest BCUT2D eigenvalue weighted by Gasteiger charge is 2.31. The van der Waals surface area contributed by atoms with E-state index in [9.17, 15) is 4.79 Å². The second kappa shape index (κ2) is 4.70. The van der Waals surface area contributed by atoms with Gasteiger partial charge in [-0.25, -0.2) is 0 Å². The molecule has 0 atom stereocenters. The number of nitrogens with zero attached hydrogens (tertiary/aromatic N) is 1. The van der Waals surface area contributed by atoms with E-state index in [4.69, 9.17) is 5.11 Å². The summed E-state index contributed by atoms with van der Waals surface area (Å²) in [4.78, 5) is 16.4. The number of aromatic nitrogens is 1. The lowest BCUT2D eigenvalue weighted by Gasteiger charge is -2.19. The lowest BCUT2D eigenvalue weighted by Crippen LogP contribution is -2.31. The van der Waals surface area contributed by atoms with Gasteiger partial charge in [0.1, 0.15) is 0 Å². The second-order valence-electron chi connectivity index (χ2n) is 5.30. The SMILES string of the molecule is Cc1[nH]c2ccccc2c1CN(CC(=O)O)C1CC1. The van der Waals surface area contributed by atoms with Gasteiger partial charge in [-0.1, -0.05) is 18.2 Å². The molecule has 0 spiro atoms. The van der Waals surface area contributed by atoms with E-state index in [-0.39, 0.29) is 6.54 Å². The molecule has 2 aromatic rings. The van der Waals surface area contributed by atoms with Crippen LogP contribution < -0.4 is 0 Å². The van der Waals surface area contributed by atoms with Crippen molar-refractivity contribution in [1.82, 2.24) is 9.88 Å². The maximum atomic E-state index is 11.0. The summed E-state index contributed by atoms with van der Waals surface area (Å²) in [5, 5.41) is 10.2. The van der Waals surface area contributed by atoms with Crippen molar-refractivity contribution in [1.29, 1.82) is 0 Å². The van der Waals surface area contributed by atoms with Crippen molar-refractivity contribution in [3.63, 3.8) is 0 Å². The Morgan fingerprint density at radius 3 is 2.84 bits per heavy atom. The number of hydrogen-bond donors (Lipinski definition) is 2. The van der Waals surface area contributed by atoms with E-state index in [1.165, 1.54) is 10.9 Å². The predicted molar refractivity (Wildman–Crippen MR) is 74.1 cm³/mol. The van der Waals surface area contributed by atoms with Crippen molar-refractivity contribution in [3.8, 4) is 0 Å². The summed E-state index contributed by atoms with van der Waals surface area (Å²) < 4.78 is 0. The molecular formula is C15H18N2O2. The molecule has 1 fully saturated rings. The molecule has 4 heteroatoms. The summed E-state index contributed by atoms with van der Waals surface area (Å²) in [6, 6.07) is 8.64. The summed E-state index contributed by atoms with van der Waals surface area (Å²) in [7, 11) is 0. The number of hydrogen-bond acceptors (Lipinski definition) is 2. The lowest BCUT2D eigenvalue weighted by atomic mass is 10.1. The summed E-state index contributed by atoms with van der Waals surface area (Å²) in [5.74, 6) is -0.746. The highest BCUT2D eigenvalue weighted by Crippen LogP contribution is 2.30. The Hall–Kier alpha value is -1.81. The first kappa shape index (κ1) is 12.2. The van der Waals surface area contributed by atoms with Gasteiger partial charge in [-0.2, -0.15) is 0 Å². The number of carboxylic acid groups (broad SMARTS) is 1. The number of H-pyrrole nitrogens is 1. The van der Waals surface area contributed by atoms with Crippen LogP contribution in [0.25, 0.3) is 10.9 Å². The van der Waals surface area contributed by atoms with Crippen LogP contribution in [0.3, 0.4) is 0 Å². The number of para-hydroxylation sites is 1. The number of aromatic amines is 1. The van der Waals surface area contributed by atoms with Crippen LogP contribution in [0.1, 0.15) is 24.1 Å². The molecule has 0 amide bonds. The zero-order chi connectivity index (χ0) is 13.4. The van der Waals surface area contributed by atoms with Crippen LogP contribution in [-0.4, -0.2) is 33.5 Å². The zero-order valence-electron chi connectivity index (χ0n) is 11.0. The first-order valence-corrected chi connectivity index (χ1v) is 6.67. The van der Waals surface area contributed by atoms with Crippen molar-refractivity contribution in [2.75, 3.05) is 6.54 Å². The molecule has 1 saturated carbocycles. The van der Waals surface area contributed by atoms with Gasteiger partial charge in [-0.15, -0.1) is 0 Å². The van der Waals surface area contributed by atoms with E-state index in [0.29, 0.717) is 12.6 Å². The Labute approximate surface area is 112 Å². The van der Waals surface area contributed by atoms with Crippen molar-refractivity contribution in [2.45, 2.75) is 32.4 Å². The summed E-state index contributed by atoms with van der Waals surface area (Å²) >= 11 is 0. The van der Waals surface area contributed by atoms with Gasteiger partial charge in [0.05, 0.1) is 6.54 Å². The molecule has 3 rings (SSSR count). The third kappa shape index (κ3) is 2.49. The fourth-order valence-electron chi connectivity index (χ4n) is 2.67. The van der Waals surface area contributed by atoms with Crippen LogP contribution in [0.2, 0.25) is 0 Å². The molecule has 1 aromatic carbocycles. The number of nitrogens with one attached hydrogen (secondary N) is 1. The molecule has 1 heterocycles. The highest BCUT2D eigenvalue weighted by molar-refractivity contribution is 5.84. The van der Waals surface area contributed by atoms with Crippen molar-refractivity contribution in [3.05, 3.63) is 35.5 Å². The quantitative estimate of drug-likeness (QED) is 0.866. The van der Waals surface area contributed by atoms with E-state index >= 15 is 0 Å². The Kier molecular flexibility index (Phi) is 3.03. The maximum absolute atomic E-state index is 11.0. The van der Waals surface area contributed by atoms with Crippen molar-refractivity contribution >= 4 is 16.9 Å². The van der Waals surface area contributed by atoms with E-state index in [0.717, 1.165) is 24.1 Å². The summed E-state index contributed by atoms with van der Waals surface area (Å²) in [5.41, 5.74) is 3.49. The number of benzene rings is 1. The zero-order valence-corrected chi connectivity index (χ0v) is 11.0. The summed E-state index contributed by atoms with van der Waals surface area (Å²) in [6.45, 7) is 2.90. The molecule has 4 nitrogen and oxygen atoms in total. The van der Waals surface area contributed by atoms with Crippen molar-refractivity contribution in [2.24, 2.45) is 0 Å². The topological polar surface area (TPSA) is 56.3 Å². The van der Waals surface area contributed by atoms with E-state index in [2.05, 4.69) is 28.9 Å². The Morgan fingerprint density at radius 2 is 2.16 bits per heavy atom. The number of aryl methyl sites for hydroxylation is 1. The summed E-state index contributed by atoms with van der Waals surface area (Å²) in [6.07, 6.45) is 2.24. The van der Waals surface area contributed by atoms with Crippen LogP contribution in [0.5, 0.6) is 0 Å². The van der Waals surface area contributed by atoms with E-state index < -0.39 is 5.97 Å². The first-order valence-electron chi connectivity index (χ1n) is 6.67. The largest absolute Gasteiger partial charge is 0.480 e. The van der Waals surface area contributed by atoms with Gasteiger partial charge in [0, 0.05) is 29.2 Å². The number of aliphatic carboxylic acids is 1. The molecular weight excluding hydrogens is 240 g/mol. The molecule has 1 aliphatic rings. The fraction of sp³-hybridized carbons (Fsp3) is 0.400. The van der Waals surface area contributed by atoms with Gasteiger partial charge < -0.3 is 10.1 Å². The number of carbonyl (C=O) groups is 1. The Balaban J connectivity index is 1.90. The molecule has 0 unspecified atom stereocenters. The molecule has 0 saturated heterocycles. The monoisotopic (exact) mass is 258 g/mol. The van der Waals surface area contributed by atoms with Crippen molar-refractivity contribution < 1.29 is 9.90 Å². The molecule has 100 valence electrons. The average Bonchev–Trinajstić information content (AvgIpc) is 3.15. The minimum atomic E-state index is -0.746. The Morgan fingerprint density at radius 1 is 1.42 bits per heavy atom. The number of carboxylic acids is 1. The van der Waals surface area contributed by atoms with Gasteiger partial charge in [0.15, 0.2) is 0 Å². The third-order valence-corrected chi connectivity index (χ3v) is 3.79. The smallest absolute Gasteiger partial charge is 0.317 e. The maximum Gasteiger partial charge on any atom is 0.317 e. The molecule has 0 radical (unpaired) electrons. The Bertz CT molecular complexity index is 614. The van der Waals surface area contributed by atoms with Gasteiger partial charge in [0.25, 0.3) is 0 Å². The third-order valence-electron chi connectivity index (χ3n) is 3.79. The number of rotatable bonds is 5. The molecule has 2 N–H and O–H groups in total. The van der Waals surface area contributed by atoms with Gasteiger partial charge in [-0.05, 0) is 31.4 Å². The fourth-order valence-corrected chi connectivity index (χ4v) is 2.67. The highest BCUT2D eigenvalue weighted by atomic mass is 16.4. The molecule has 0 bridgehead atoms. The second-order valence-corrected chi connectivity index (χ2v) is 5.30. The molecule has 0 aliphatic heterocycles. The average molecular weight is 258 g/mol. The van der Waals surface area contributed by atoms with Gasteiger partial charge in [0.2, 0.25) is 0 Å². The van der Waals surface area contributed by atoms with Crippen LogP contribution in [0.4, 0.5) is 0 Å². The minimum Gasteiger partial charge on any atom is -0.480 e. The normalized spacial score (nSPS) is 15.3. The first-order chi connectivity index (χ1) is 9.15. The van der Waals surface area contributed by atoms with Crippen LogP contribution in [-0.2, 0) is 11.3 Å². The van der Waals surface area contributed by atoms with E-state index in [1.54, 1.807) is 0 Å². The van der Waals surface area contributed by atoms with Gasteiger partial charge in [-0.3, -0.25) is 9.69 Å². The minimum absolute atomic E-state index is 0.129. The molecule has 1 aromatic heterocycles. The number of fused-ring (bicyclic) bond motifs is 1.